The van der Waals surface area contributed by atoms with Crippen molar-refractivity contribution in [1.82, 2.24) is 0 Å². The van der Waals surface area contributed by atoms with Gasteiger partial charge in [-0.2, -0.15) is 0 Å². The van der Waals surface area contributed by atoms with Gasteiger partial charge in [-0.3, -0.25) is 0 Å². The summed E-state index contributed by atoms with van der Waals surface area (Å²) in [5.41, 5.74) is 1.32. The molecule has 0 spiro atoms. The number of fused-ring (bicyclic) bond motifs is 2. The number of hydrogen-bond acceptors (Lipinski definition) is 3. The Morgan fingerprint density at radius 2 is 1.86 bits per heavy atom. The summed E-state index contributed by atoms with van der Waals surface area (Å²) in [5, 5.41) is 3.56. The highest BCUT2D eigenvalue weighted by Gasteiger charge is 2.61. The van der Waals surface area contributed by atoms with Crippen molar-refractivity contribution in [2.24, 2.45) is 16.7 Å². The molecule has 4 heteroatoms. The summed E-state index contributed by atoms with van der Waals surface area (Å²) in [7, 11) is -3.20. The number of sulfone groups is 1. The largest absolute Gasteiger partial charge is 0.381 e. The molecule has 2 aliphatic carbocycles. The fourth-order valence-corrected chi connectivity index (χ4v) is 5.37. The zero-order chi connectivity index (χ0) is 15.5. The van der Waals surface area contributed by atoms with Crippen LogP contribution in [0.2, 0.25) is 0 Å². The Hall–Kier alpha value is -1.03. The molecule has 3 unspecified atom stereocenters. The van der Waals surface area contributed by atoms with E-state index < -0.39 is 9.84 Å². The van der Waals surface area contributed by atoms with Gasteiger partial charge in [0.15, 0.2) is 9.84 Å². The molecule has 2 saturated carbocycles. The lowest BCUT2D eigenvalue weighted by atomic mass is 9.69. The Morgan fingerprint density at radius 1 is 1.19 bits per heavy atom. The molecule has 116 valence electrons. The molecule has 0 amide bonds. The van der Waals surface area contributed by atoms with E-state index >= 15 is 0 Å². The lowest BCUT2D eigenvalue weighted by molar-refractivity contribution is 0.142. The number of anilines is 1. The molecule has 2 aliphatic rings. The maximum Gasteiger partial charge on any atom is 0.177 e. The number of nitrogens with one attached hydrogen (secondary N) is 1. The van der Waals surface area contributed by atoms with E-state index in [0.717, 1.165) is 18.0 Å². The smallest absolute Gasteiger partial charge is 0.177 e. The Kier molecular flexibility index (Phi) is 3.18. The van der Waals surface area contributed by atoms with E-state index in [1.165, 1.54) is 19.1 Å². The monoisotopic (exact) mass is 307 g/mol. The van der Waals surface area contributed by atoms with Gasteiger partial charge in [-0.15, -0.1) is 0 Å². The first kappa shape index (κ1) is 14.9. The predicted octanol–water partition coefficient (Wildman–Crippen LogP) is 3.72. The van der Waals surface area contributed by atoms with E-state index in [4.69, 9.17) is 0 Å². The second kappa shape index (κ2) is 4.48. The van der Waals surface area contributed by atoms with E-state index in [9.17, 15) is 8.42 Å². The van der Waals surface area contributed by atoms with Gasteiger partial charge in [-0.25, -0.2) is 8.42 Å². The van der Waals surface area contributed by atoms with Crippen molar-refractivity contribution in [3.8, 4) is 0 Å². The zero-order valence-corrected chi connectivity index (χ0v) is 14.1. The number of hydrogen-bond donors (Lipinski definition) is 1. The van der Waals surface area contributed by atoms with Gasteiger partial charge >= 0.3 is 0 Å². The molecule has 1 N–H and O–H groups in total. The summed E-state index contributed by atoms with van der Waals surface area (Å²) in [6.07, 6.45) is 4.94. The number of rotatable bonds is 3. The first-order chi connectivity index (χ1) is 9.66. The summed E-state index contributed by atoms with van der Waals surface area (Å²) < 4.78 is 23.9. The van der Waals surface area contributed by atoms with Gasteiger partial charge in [0.2, 0.25) is 0 Å². The highest BCUT2D eigenvalue weighted by molar-refractivity contribution is 7.90. The minimum absolute atomic E-state index is 0.238. The van der Waals surface area contributed by atoms with Gasteiger partial charge in [0.05, 0.1) is 10.6 Å². The van der Waals surface area contributed by atoms with Crippen molar-refractivity contribution in [3.05, 3.63) is 24.3 Å². The van der Waals surface area contributed by atoms with E-state index in [1.807, 2.05) is 12.1 Å². The standard InChI is InChI=1S/C17H25NO2S/c1-16(2)12-9-10-17(16,3)15(11-12)18-13-7-5-6-8-14(13)21(4,19)20/h5-8,12,15,18H,9-11H2,1-4H3. The average molecular weight is 307 g/mol. The molecule has 3 rings (SSSR count). The minimum Gasteiger partial charge on any atom is -0.381 e. The Morgan fingerprint density at radius 3 is 2.38 bits per heavy atom. The summed E-state index contributed by atoms with van der Waals surface area (Å²) in [4.78, 5) is 0.411. The molecule has 0 aromatic heterocycles. The SMILES string of the molecule is CC1(C)C2CCC1(C)C(Nc1ccccc1S(C)(=O)=O)C2. The lowest BCUT2D eigenvalue weighted by Crippen LogP contribution is -2.40. The molecule has 1 aromatic carbocycles. The van der Waals surface area contributed by atoms with Gasteiger partial charge < -0.3 is 5.32 Å². The highest BCUT2D eigenvalue weighted by Crippen LogP contribution is 2.65. The molecule has 0 saturated heterocycles. The third-order valence-corrected chi connectivity index (χ3v) is 7.57. The Labute approximate surface area is 128 Å². The predicted molar refractivity (Wildman–Crippen MR) is 86.2 cm³/mol. The van der Waals surface area contributed by atoms with E-state index in [1.54, 1.807) is 12.1 Å². The lowest BCUT2D eigenvalue weighted by Gasteiger charge is -2.40. The fourth-order valence-electron chi connectivity index (χ4n) is 4.52. The molecule has 1 aromatic rings. The topological polar surface area (TPSA) is 46.2 Å². The van der Waals surface area contributed by atoms with E-state index in [-0.39, 0.29) is 5.41 Å². The third-order valence-electron chi connectivity index (χ3n) is 6.41. The normalized spacial score (nSPS) is 34.1. The molecule has 0 radical (unpaired) electrons. The van der Waals surface area contributed by atoms with Crippen LogP contribution in [0.4, 0.5) is 5.69 Å². The maximum atomic E-state index is 12.0. The van der Waals surface area contributed by atoms with Crippen molar-refractivity contribution in [1.29, 1.82) is 0 Å². The van der Waals surface area contributed by atoms with Crippen molar-refractivity contribution in [2.75, 3.05) is 11.6 Å². The van der Waals surface area contributed by atoms with Crippen molar-refractivity contribution >= 4 is 15.5 Å². The van der Waals surface area contributed by atoms with Crippen LogP contribution >= 0.6 is 0 Å². The minimum atomic E-state index is -3.20. The van der Waals surface area contributed by atoms with Gasteiger partial charge in [0.25, 0.3) is 0 Å². The summed E-state index contributed by atoms with van der Waals surface area (Å²) in [6, 6.07) is 7.62. The van der Waals surface area contributed by atoms with Crippen molar-refractivity contribution in [2.45, 2.75) is 51.0 Å². The van der Waals surface area contributed by atoms with Crippen LogP contribution in [0.5, 0.6) is 0 Å². The summed E-state index contributed by atoms with van der Waals surface area (Å²) in [6.45, 7) is 7.10. The van der Waals surface area contributed by atoms with Crippen LogP contribution in [0.25, 0.3) is 0 Å². The number of para-hydroxylation sites is 1. The van der Waals surface area contributed by atoms with Crippen LogP contribution in [-0.2, 0) is 9.84 Å². The van der Waals surface area contributed by atoms with E-state index in [2.05, 4.69) is 26.1 Å². The molecule has 0 aliphatic heterocycles. The first-order valence-electron chi connectivity index (χ1n) is 7.72. The van der Waals surface area contributed by atoms with Crippen LogP contribution in [0, 0.1) is 16.7 Å². The zero-order valence-electron chi connectivity index (χ0n) is 13.3. The van der Waals surface area contributed by atoms with E-state index in [0.29, 0.717) is 16.4 Å². The molecular weight excluding hydrogens is 282 g/mol. The molecule has 21 heavy (non-hydrogen) atoms. The average Bonchev–Trinajstić information content (AvgIpc) is 2.71. The Bertz CT molecular complexity index is 665. The Balaban J connectivity index is 1.94. The van der Waals surface area contributed by atoms with Crippen LogP contribution < -0.4 is 5.32 Å². The van der Waals surface area contributed by atoms with Crippen LogP contribution in [0.3, 0.4) is 0 Å². The second-order valence-electron chi connectivity index (χ2n) is 7.58. The highest BCUT2D eigenvalue weighted by atomic mass is 32.2. The molecule has 0 heterocycles. The molecule has 3 nitrogen and oxygen atoms in total. The molecular formula is C17H25NO2S. The quantitative estimate of drug-likeness (QED) is 0.926. The molecule has 2 fully saturated rings. The second-order valence-corrected chi connectivity index (χ2v) is 9.56. The van der Waals surface area contributed by atoms with Gasteiger partial charge in [0, 0.05) is 12.3 Å². The number of benzene rings is 1. The van der Waals surface area contributed by atoms with Gasteiger partial charge in [-0.1, -0.05) is 32.9 Å². The van der Waals surface area contributed by atoms with Crippen LogP contribution in [-0.4, -0.2) is 20.7 Å². The van der Waals surface area contributed by atoms with Gasteiger partial charge in [0.1, 0.15) is 0 Å². The summed E-state index contributed by atoms with van der Waals surface area (Å²) in [5.74, 6) is 0.741. The third kappa shape index (κ3) is 2.10. The first-order valence-corrected chi connectivity index (χ1v) is 9.61. The van der Waals surface area contributed by atoms with Crippen LogP contribution in [0.15, 0.2) is 29.2 Å². The maximum absolute atomic E-state index is 12.0. The fraction of sp³-hybridized carbons (Fsp3) is 0.647. The van der Waals surface area contributed by atoms with Crippen molar-refractivity contribution < 1.29 is 8.42 Å². The molecule has 2 bridgehead atoms. The van der Waals surface area contributed by atoms with Gasteiger partial charge in [-0.05, 0) is 48.1 Å². The van der Waals surface area contributed by atoms with Crippen LogP contribution in [0.1, 0.15) is 40.0 Å². The van der Waals surface area contributed by atoms with Crippen molar-refractivity contribution in [3.63, 3.8) is 0 Å². The molecule has 3 atom stereocenters. The summed E-state index contributed by atoms with van der Waals surface area (Å²) >= 11 is 0.